The molecule has 0 heterocycles. The summed E-state index contributed by atoms with van der Waals surface area (Å²) in [4.78, 5) is 25.4. The Balaban J connectivity index is 1.76. The van der Waals surface area contributed by atoms with Crippen LogP contribution in [-0.4, -0.2) is 28.1 Å². The van der Waals surface area contributed by atoms with E-state index in [0.29, 0.717) is 24.7 Å². The first-order chi connectivity index (χ1) is 11.3. The number of aliphatic hydroxyl groups is 1. The number of hydrogen-bond donors (Lipinski definition) is 2. The third-order valence-electron chi connectivity index (χ3n) is 9.10. The van der Waals surface area contributed by atoms with E-state index in [1.807, 2.05) is 6.92 Å². The predicted octanol–water partition coefficient (Wildman–Crippen LogP) is 2.80. The maximum Gasteiger partial charge on any atom is 0.307 e. The van der Waals surface area contributed by atoms with E-state index in [1.54, 1.807) is 0 Å². The first-order valence-electron chi connectivity index (χ1n) is 9.39. The van der Waals surface area contributed by atoms with E-state index in [9.17, 15) is 19.8 Å². The van der Waals surface area contributed by atoms with Crippen molar-refractivity contribution >= 4 is 11.8 Å². The molecule has 5 rings (SSSR count). The first kappa shape index (κ1) is 15.1. The van der Waals surface area contributed by atoms with Gasteiger partial charge in [-0.3, -0.25) is 9.59 Å². The minimum absolute atomic E-state index is 0.109. The Labute approximate surface area is 142 Å². The highest BCUT2D eigenvalue weighted by Gasteiger charge is 2.80. The predicted molar refractivity (Wildman–Crippen MR) is 87.0 cm³/mol. The summed E-state index contributed by atoms with van der Waals surface area (Å²) < 4.78 is 0. The second-order valence-corrected chi connectivity index (χ2v) is 9.56. The van der Waals surface area contributed by atoms with Crippen molar-refractivity contribution in [1.82, 2.24) is 0 Å². The van der Waals surface area contributed by atoms with Crippen molar-refractivity contribution in [3.05, 3.63) is 12.2 Å². The Morgan fingerprint density at radius 2 is 1.96 bits per heavy atom. The molecule has 4 nitrogen and oxygen atoms in total. The number of allylic oxidation sites excluding steroid dienone is 1. The molecule has 0 aromatic rings. The number of carboxylic acid groups (broad SMARTS) is 1. The van der Waals surface area contributed by atoms with Gasteiger partial charge in [0.25, 0.3) is 0 Å². The SMILES string of the molecule is C=C1C[C@]23C[C@@H]1CC[C@H]2[C@@]12CC[C@H](O)[C@](C)(C(=O)C1)[C@H]2C3C(=O)O. The molecule has 24 heavy (non-hydrogen) atoms. The van der Waals surface area contributed by atoms with Crippen molar-refractivity contribution in [3.63, 3.8) is 0 Å². The minimum atomic E-state index is -0.868. The lowest BCUT2D eigenvalue weighted by Gasteiger charge is -2.47. The first-order valence-corrected chi connectivity index (χ1v) is 9.39. The summed E-state index contributed by atoms with van der Waals surface area (Å²) in [5, 5.41) is 20.9. The second kappa shape index (κ2) is 4.14. The Hall–Kier alpha value is -1.16. The lowest BCUT2D eigenvalue weighted by Crippen LogP contribution is -2.51. The van der Waals surface area contributed by atoms with Crippen LogP contribution in [-0.2, 0) is 9.59 Å². The van der Waals surface area contributed by atoms with Crippen LogP contribution in [0.2, 0.25) is 0 Å². The van der Waals surface area contributed by atoms with E-state index in [1.165, 1.54) is 5.57 Å². The number of fused-ring (bicyclic) bond motifs is 1. The van der Waals surface area contributed by atoms with Crippen LogP contribution in [0.1, 0.15) is 51.9 Å². The number of carbonyl (C=O) groups excluding carboxylic acids is 1. The van der Waals surface area contributed by atoms with Crippen molar-refractivity contribution in [3.8, 4) is 0 Å². The number of carboxylic acids is 1. The quantitative estimate of drug-likeness (QED) is 0.725. The average molecular weight is 330 g/mol. The fraction of sp³-hybridized carbons (Fsp3) is 0.800. The molecule has 2 N–H and O–H groups in total. The van der Waals surface area contributed by atoms with E-state index in [2.05, 4.69) is 6.58 Å². The molecule has 1 unspecified atom stereocenters. The smallest absolute Gasteiger partial charge is 0.307 e. The Morgan fingerprint density at radius 1 is 1.21 bits per heavy atom. The molecule has 0 amide bonds. The van der Waals surface area contributed by atoms with Crippen molar-refractivity contribution in [2.75, 3.05) is 0 Å². The number of hydrogen-bond acceptors (Lipinski definition) is 3. The topological polar surface area (TPSA) is 74.6 Å². The molecule has 1 spiro atoms. The van der Waals surface area contributed by atoms with E-state index < -0.39 is 23.4 Å². The van der Waals surface area contributed by atoms with Gasteiger partial charge >= 0.3 is 5.97 Å². The second-order valence-electron chi connectivity index (χ2n) is 9.56. The zero-order chi connectivity index (χ0) is 17.1. The summed E-state index contributed by atoms with van der Waals surface area (Å²) in [7, 11) is 0. The summed E-state index contributed by atoms with van der Waals surface area (Å²) in [5.74, 6) is -0.573. The molecule has 4 bridgehead atoms. The van der Waals surface area contributed by atoms with Gasteiger partial charge in [-0.25, -0.2) is 0 Å². The van der Waals surface area contributed by atoms with Crippen LogP contribution in [0.15, 0.2) is 12.2 Å². The standard InChI is InChI=1S/C20H26O4/c1-10-7-20-8-11(10)3-4-12(20)19-6-5-13(21)18(2,14(22)9-19)16(19)15(20)17(23)24/h11-13,15-16,21H,1,3-9H2,2H3,(H,23,24)/t11-,12-,13-,15?,16+,18+,19+,20-/m0/s1. The molecular formula is C20H26O4. The largest absolute Gasteiger partial charge is 0.481 e. The van der Waals surface area contributed by atoms with Crippen LogP contribution in [0.3, 0.4) is 0 Å². The van der Waals surface area contributed by atoms with Crippen LogP contribution >= 0.6 is 0 Å². The molecule has 0 aromatic carbocycles. The number of carbonyl (C=O) groups is 2. The molecule has 0 saturated heterocycles. The number of ketones is 1. The van der Waals surface area contributed by atoms with E-state index >= 15 is 0 Å². The summed E-state index contributed by atoms with van der Waals surface area (Å²) in [6.07, 6.45) is 5.13. The van der Waals surface area contributed by atoms with Gasteiger partial charge in [0.15, 0.2) is 0 Å². The number of rotatable bonds is 1. The molecular weight excluding hydrogens is 304 g/mol. The Morgan fingerprint density at radius 3 is 2.67 bits per heavy atom. The number of aliphatic carboxylic acids is 1. The van der Waals surface area contributed by atoms with Crippen molar-refractivity contribution in [2.24, 2.45) is 39.9 Å². The van der Waals surface area contributed by atoms with Crippen LogP contribution in [0.25, 0.3) is 0 Å². The number of Topliss-reactive ketones (excluding diaryl/α,β-unsaturated/α-hetero) is 1. The molecule has 5 saturated carbocycles. The van der Waals surface area contributed by atoms with Gasteiger partial charge in [0, 0.05) is 6.42 Å². The van der Waals surface area contributed by atoms with E-state index in [-0.39, 0.29) is 22.5 Å². The molecule has 5 fully saturated rings. The summed E-state index contributed by atoms with van der Waals surface area (Å²) in [5.41, 5.74) is -0.0503. The highest BCUT2D eigenvalue weighted by molar-refractivity contribution is 5.91. The van der Waals surface area contributed by atoms with Gasteiger partial charge in [-0.2, -0.15) is 0 Å². The molecule has 0 aliphatic heterocycles. The van der Waals surface area contributed by atoms with Gasteiger partial charge in [-0.15, -0.1) is 0 Å². The Bertz CT molecular complexity index is 683. The van der Waals surface area contributed by atoms with E-state index in [0.717, 1.165) is 32.1 Å². The van der Waals surface area contributed by atoms with Crippen molar-refractivity contribution < 1.29 is 19.8 Å². The fourth-order valence-corrected chi connectivity index (χ4v) is 8.41. The fourth-order valence-electron chi connectivity index (χ4n) is 8.41. The average Bonchev–Trinajstić information content (AvgIpc) is 2.98. The van der Waals surface area contributed by atoms with Gasteiger partial charge in [0.05, 0.1) is 17.4 Å². The van der Waals surface area contributed by atoms with Crippen molar-refractivity contribution in [2.45, 2.75) is 58.0 Å². The van der Waals surface area contributed by atoms with E-state index in [4.69, 9.17) is 0 Å². The van der Waals surface area contributed by atoms with Crippen molar-refractivity contribution in [1.29, 1.82) is 0 Å². The minimum Gasteiger partial charge on any atom is -0.481 e. The highest BCUT2D eigenvalue weighted by atomic mass is 16.4. The Kier molecular flexibility index (Phi) is 2.61. The van der Waals surface area contributed by atoms with Gasteiger partial charge < -0.3 is 10.2 Å². The zero-order valence-electron chi connectivity index (χ0n) is 14.3. The van der Waals surface area contributed by atoms with Crippen LogP contribution in [0.4, 0.5) is 0 Å². The molecule has 130 valence electrons. The zero-order valence-corrected chi connectivity index (χ0v) is 14.3. The molecule has 4 heteroatoms. The van der Waals surface area contributed by atoms with Gasteiger partial charge in [-0.1, -0.05) is 12.2 Å². The number of aliphatic hydroxyl groups excluding tert-OH is 1. The van der Waals surface area contributed by atoms with Gasteiger partial charge in [-0.05, 0) is 74.0 Å². The maximum atomic E-state index is 12.9. The summed E-state index contributed by atoms with van der Waals surface area (Å²) in [6.45, 7) is 6.12. The van der Waals surface area contributed by atoms with Crippen LogP contribution in [0.5, 0.6) is 0 Å². The van der Waals surface area contributed by atoms with Gasteiger partial charge in [0.1, 0.15) is 5.78 Å². The molecule has 0 aromatic heterocycles. The summed E-state index contributed by atoms with van der Waals surface area (Å²) >= 11 is 0. The summed E-state index contributed by atoms with van der Waals surface area (Å²) in [6, 6.07) is 0. The lowest BCUT2D eigenvalue weighted by molar-refractivity contribution is -0.156. The highest BCUT2D eigenvalue weighted by Crippen LogP contribution is 2.81. The normalized spacial score (nSPS) is 57.8. The molecule has 5 aliphatic carbocycles. The lowest BCUT2D eigenvalue weighted by atomic mass is 9.57. The third-order valence-corrected chi connectivity index (χ3v) is 9.10. The van der Waals surface area contributed by atoms with Crippen LogP contribution in [0, 0.1) is 39.9 Å². The third kappa shape index (κ3) is 1.32. The molecule has 5 aliphatic rings. The monoisotopic (exact) mass is 330 g/mol. The maximum absolute atomic E-state index is 12.9. The molecule has 0 radical (unpaired) electrons. The van der Waals surface area contributed by atoms with Gasteiger partial charge in [0.2, 0.25) is 0 Å². The van der Waals surface area contributed by atoms with Crippen LogP contribution < -0.4 is 0 Å². The molecule has 8 atom stereocenters.